The van der Waals surface area contributed by atoms with E-state index in [0.717, 1.165) is 0 Å². The number of ether oxygens (including phenoxy) is 1. The molecule has 4 heteroatoms. The summed E-state index contributed by atoms with van der Waals surface area (Å²) in [5, 5.41) is 8.29. The van der Waals surface area contributed by atoms with E-state index in [9.17, 15) is 4.39 Å². The Kier molecular flexibility index (Phi) is 2.59. The van der Waals surface area contributed by atoms with Crippen molar-refractivity contribution in [2.45, 2.75) is 6.42 Å². The molecule has 0 aliphatic carbocycles. The molecule has 12 heavy (non-hydrogen) atoms. The molecule has 0 atom stereocenters. The fourth-order valence-corrected chi connectivity index (χ4v) is 0.777. The summed E-state index contributed by atoms with van der Waals surface area (Å²) in [7, 11) is 1.41. The second-order valence-electron chi connectivity index (χ2n) is 2.14. The summed E-state index contributed by atoms with van der Waals surface area (Å²) in [6, 6.07) is 4.86. The molecule has 3 nitrogen and oxygen atoms in total. The fourth-order valence-electron chi connectivity index (χ4n) is 0.777. The molecule has 1 aromatic rings. The molecule has 0 radical (unpaired) electrons. The van der Waals surface area contributed by atoms with Gasteiger partial charge in [-0.15, -0.1) is 0 Å². The van der Waals surface area contributed by atoms with Gasteiger partial charge >= 0.3 is 0 Å². The van der Waals surface area contributed by atoms with Crippen LogP contribution in [0, 0.1) is 17.3 Å². The molecule has 0 amide bonds. The largest absolute Gasteiger partial charge is 0.481 e. The molecule has 0 aromatic carbocycles. The van der Waals surface area contributed by atoms with E-state index >= 15 is 0 Å². The Bertz CT molecular complexity index is 319. The lowest BCUT2D eigenvalue weighted by molar-refractivity contribution is 0.386. The maximum atomic E-state index is 12.9. The summed E-state index contributed by atoms with van der Waals surface area (Å²) in [6.07, 6.45) is 0.0306. The Morgan fingerprint density at radius 1 is 1.67 bits per heavy atom. The van der Waals surface area contributed by atoms with Gasteiger partial charge in [0.2, 0.25) is 11.8 Å². The van der Waals surface area contributed by atoms with Crippen LogP contribution >= 0.6 is 0 Å². The number of rotatable bonds is 2. The maximum Gasteiger partial charge on any atom is 0.220 e. The van der Waals surface area contributed by atoms with Crippen molar-refractivity contribution < 1.29 is 9.13 Å². The van der Waals surface area contributed by atoms with E-state index in [1.807, 2.05) is 6.07 Å². The number of methoxy groups -OCH3 is 1. The molecular weight excluding hydrogens is 159 g/mol. The van der Waals surface area contributed by atoms with E-state index in [2.05, 4.69) is 4.98 Å². The van der Waals surface area contributed by atoms with Crippen LogP contribution in [0.4, 0.5) is 4.39 Å². The van der Waals surface area contributed by atoms with Gasteiger partial charge in [-0.05, 0) is 6.07 Å². The van der Waals surface area contributed by atoms with Gasteiger partial charge in [0, 0.05) is 11.6 Å². The summed E-state index contributed by atoms with van der Waals surface area (Å²) >= 11 is 0. The molecule has 0 N–H and O–H groups in total. The standard InChI is InChI=1S/C8H7FN2O/c1-12-7-3-2-6(4-5-10)8(9)11-7/h2-3H,4H2,1H3. The zero-order valence-electron chi connectivity index (χ0n) is 6.54. The van der Waals surface area contributed by atoms with Crippen molar-refractivity contribution in [1.82, 2.24) is 4.98 Å². The highest BCUT2D eigenvalue weighted by atomic mass is 19.1. The lowest BCUT2D eigenvalue weighted by atomic mass is 10.2. The van der Waals surface area contributed by atoms with Gasteiger partial charge in [-0.3, -0.25) is 0 Å². The summed E-state index contributed by atoms with van der Waals surface area (Å²) in [4.78, 5) is 3.47. The van der Waals surface area contributed by atoms with Crippen molar-refractivity contribution in [3.63, 3.8) is 0 Å². The average Bonchev–Trinajstić information content (AvgIpc) is 2.09. The van der Waals surface area contributed by atoms with Crippen LogP contribution in [-0.2, 0) is 6.42 Å². The predicted octanol–water partition coefficient (Wildman–Crippen LogP) is 1.30. The zero-order chi connectivity index (χ0) is 8.97. The Morgan fingerprint density at radius 2 is 2.42 bits per heavy atom. The number of halogens is 1. The van der Waals surface area contributed by atoms with Crippen molar-refractivity contribution in [3.8, 4) is 11.9 Å². The molecule has 0 unspecified atom stereocenters. The average molecular weight is 166 g/mol. The number of nitriles is 1. The van der Waals surface area contributed by atoms with E-state index in [1.54, 1.807) is 0 Å². The minimum Gasteiger partial charge on any atom is -0.481 e. The monoisotopic (exact) mass is 166 g/mol. The van der Waals surface area contributed by atoms with Crippen molar-refractivity contribution in [3.05, 3.63) is 23.6 Å². The summed E-state index contributed by atoms with van der Waals surface area (Å²) < 4.78 is 17.6. The van der Waals surface area contributed by atoms with Gasteiger partial charge in [0.25, 0.3) is 0 Å². The van der Waals surface area contributed by atoms with Crippen molar-refractivity contribution in [1.29, 1.82) is 5.26 Å². The summed E-state index contributed by atoms with van der Waals surface area (Å²) in [6.45, 7) is 0. The van der Waals surface area contributed by atoms with Crippen LogP contribution in [0.25, 0.3) is 0 Å². The number of nitrogens with zero attached hydrogens (tertiary/aromatic N) is 2. The van der Waals surface area contributed by atoms with Gasteiger partial charge in [-0.25, -0.2) is 0 Å². The third-order valence-electron chi connectivity index (χ3n) is 1.38. The lowest BCUT2D eigenvalue weighted by Crippen LogP contribution is -1.95. The number of hydrogen-bond donors (Lipinski definition) is 0. The Balaban J connectivity index is 2.97. The van der Waals surface area contributed by atoms with E-state index in [0.29, 0.717) is 5.56 Å². The highest BCUT2D eigenvalue weighted by molar-refractivity contribution is 5.21. The molecule has 1 heterocycles. The minimum absolute atomic E-state index is 0.0306. The quantitative estimate of drug-likeness (QED) is 0.622. The van der Waals surface area contributed by atoms with E-state index in [1.165, 1.54) is 19.2 Å². The van der Waals surface area contributed by atoms with Gasteiger partial charge in [0.1, 0.15) is 0 Å². The van der Waals surface area contributed by atoms with E-state index in [4.69, 9.17) is 10.00 Å². The smallest absolute Gasteiger partial charge is 0.220 e. The van der Waals surface area contributed by atoms with E-state index in [-0.39, 0.29) is 12.3 Å². The normalized spacial score (nSPS) is 9.08. The van der Waals surface area contributed by atoms with Gasteiger partial charge in [-0.1, -0.05) is 0 Å². The van der Waals surface area contributed by atoms with Crippen LogP contribution in [0.2, 0.25) is 0 Å². The molecule has 0 bridgehead atoms. The van der Waals surface area contributed by atoms with Crippen LogP contribution in [-0.4, -0.2) is 12.1 Å². The maximum absolute atomic E-state index is 12.9. The topological polar surface area (TPSA) is 45.9 Å². The van der Waals surface area contributed by atoms with E-state index < -0.39 is 5.95 Å². The van der Waals surface area contributed by atoms with Crippen LogP contribution in [0.1, 0.15) is 5.56 Å². The third kappa shape index (κ3) is 1.70. The first-order chi connectivity index (χ1) is 5.77. The van der Waals surface area contributed by atoms with Gasteiger partial charge in [-0.2, -0.15) is 14.6 Å². The molecule has 62 valence electrons. The minimum atomic E-state index is -0.643. The summed E-state index contributed by atoms with van der Waals surface area (Å²) in [5.74, 6) is -0.426. The first kappa shape index (κ1) is 8.47. The zero-order valence-corrected chi connectivity index (χ0v) is 6.54. The lowest BCUT2D eigenvalue weighted by Gasteiger charge is -1.99. The molecule has 0 saturated heterocycles. The number of hydrogen-bond acceptors (Lipinski definition) is 3. The van der Waals surface area contributed by atoms with Crippen molar-refractivity contribution >= 4 is 0 Å². The Hall–Kier alpha value is -1.63. The Labute approximate surface area is 69.4 Å². The number of pyridine rings is 1. The third-order valence-corrected chi connectivity index (χ3v) is 1.38. The van der Waals surface area contributed by atoms with Gasteiger partial charge in [0.15, 0.2) is 0 Å². The molecule has 1 aromatic heterocycles. The first-order valence-electron chi connectivity index (χ1n) is 3.34. The second kappa shape index (κ2) is 3.67. The summed E-state index contributed by atoms with van der Waals surface area (Å²) in [5.41, 5.74) is 0.290. The second-order valence-corrected chi connectivity index (χ2v) is 2.14. The van der Waals surface area contributed by atoms with Gasteiger partial charge in [0.05, 0.1) is 19.6 Å². The molecule has 0 saturated carbocycles. The van der Waals surface area contributed by atoms with Gasteiger partial charge < -0.3 is 4.74 Å². The molecule has 0 spiro atoms. The fraction of sp³-hybridized carbons (Fsp3) is 0.250. The number of aromatic nitrogens is 1. The molecule has 0 aliphatic heterocycles. The van der Waals surface area contributed by atoms with Crippen LogP contribution < -0.4 is 4.74 Å². The highest BCUT2D eigenvalue weighted by Gasteiger charge is 2.03. The Morgan fingerprint density at radius 3 is 2.92 bits per heavy atom. The van der Waals surface area contributed by atoms with Crippen molar-refractivity contribution in [2.75, 3.05) is 7.11 Å². The van der Waals surface area contributed by atoms with Crippen LogP contribution in [0.15, 0.2) is 12.1 Å². The van der Waals surface area contributed by atoms with Crippen LogP contribution in [0.3, 0.4) is 0 Å². The highest BCUT2D eigenvalue weighted by Crippen LogP contribution is 2.11. The molecule has 0 aliphatic rings. The SMILES string of the molecule is COc1ccc(CC#N)c(F)n1. The van der Waals surface area contributed by atoms with Crippen molar-refractivity contribution in [2.24, 2.45) is 0 Å². The van der Waals surface area contributed by atoms with Crippen LogP contribution in [0.5, 0.6) is 5.88 Å². The predicted molar refractivity (Wildman–Crippen MR) is 40.1 cm³/mol. The molecule has 0 fully saturated rings. The molecular formula is C8H7FN2O. The first-order valence-corrected chi connectivity index (χ1v) is 3.34. The molecule has 1 rings (SSSR count).